The molecular formula is C23H25N3O4. The van der Waals surface area contributed by atoms with Crippen LogP contribution < -0.4 is 16.0 Å². The monoisotopic (exact) mass is 407 g/mol. The van der Waals surface area contributed by atoms with Crippen LogP contribution in [0.25, 0.3) is 22.2 Å². The van der Waals surface area contributed by atoms with E-state index in [1.165, 1.54) is 11.6 Å². The lowest BCUT2D eigenvalue weighted by molar-refractivity contribution is 0.0911. The fourth-order valence-corrected chi connectivity index (χ4v) is 4.28. The van der Waals surface area contributed by atoms with Crippen molar-refractivity contribution in [3.05, 3.63) is 56.4 Å². The molecule has 0 unspecified atom stereocenters. The number of nitrogens with zero attached hydrogens (tertiary/aromatic N) is 3. The Morgan fingerprint density at radius 1 is 1.00 bits per heavy atom. The first-order valence-corrected chi connectivity index (χ1v) is 10.0. The van der Waals surface area contributed by atoms with Gasteiger partial charge in [-0.1, -0.05) is 26.0 Å². The number of Topliss-reactive ketones (excluding diaryl/α,β-unsaturated/α-hetero) is 1. The summed E-state index contributed by atoms with van der Waals surface area (Å²) in [7, 11) is 3.04. The lowest BCUT2D eigenvalue weighted by Crippen LogP contribution is -2.38. The molecule has 1 aliphatic rings. The number of carbonyl (C=O) groups excluding carboxylic acids is 1. The van der Waals surface area contributed by atoms with E-state index in [1.807, 2.05) is 45.0 Å². The summed E-state index contributed by atoms with van der Waals surface area (Å²) in [5.41, 5.74) is 1.57. The largest absolute Gasteiger partial charge is 0.494 e. The molecule has 1 aliphatic carbocycles. The predicted octanol–water partition coefficient (Wildman–Crippen LogP) is 2.85. The molecule has 30 heavy (non-hydrogen) atoms. The van der Waals surface area contributed by atoms with Gasteiger partial charge in [0.05, 0.1) is 17.7 Å². The van der Waals surface area contributed by atoms with E-state index in [9.17, 15) is 14.4 Å². The zero-order chi connectivity index (χ0) is 21.8. The van der Waals surface area contributed by atoms with Crippen LogP contribution in [0.2, 0.25) is 0 Å². The quantitative estimate of drug-likeness (QED) is 0.667. The molecule has 2 aromatic heterocycles. The van der Waals surface area contributed by atoms with Crippen LogP contribution in [0, 0.1) is 5.41 Å². The van der Waals surface area contributed by atoms with Crippen molar-refractivity contribution in [1.82, 2.24) is 14.1 Å². The smallest absolute Gasteiger partial charge is 0.332 e. The fraction of sp³-hybridized carbons (Fsp3) is 0.391. The third-order valence-corrected chi connectivity index (χ3v) is 5.68. The molecule has 7 heteroatoms. The molecule has 0 N–H and O–H groups in total. The van der Waals surface area contributed by atoms with E-state index in [1.54, 1.807) is 7.05 Å². The molecule has 4 rings (SSSR count). The van der Waals surface area contributed by atoms with E-state index < -0.39 is 11.2 Å². The van der Waals surface area contributed by atoms with Gasteiger partial charge < -0.3 is 4.74 Å². The Labute approximate surface area is 173 Å². The Morgan fingerprint density at radius 2 is 1.67 bits per heavy atom. The van der Waals surface area contributed by atoms with Gasteiger partial charge in [-0.25, -0.2) is 9.78 Å². The molecule has 7 nitrogen and oxygen atoms in total. The highest BCUT2D eigenvalue weighted by atomic mass is 16.5. The minimum Gasteiger partial charge on any atom is -0.494 e. The zero-order valence-corrected chi connectivity index (χ0v) is 17.9. The molecule has 0 fully saturated rings. The molecule has 0 saturated carbocycles. The first kappa shape index (κ1) is 20.1. The minimum atomic E-state index is -0.454. The van der Waals surface area contributed by atoms with Crippen molar-refractivity contribution in [2.75, 3.05) is 6.61 Å². The average molecular weight is 407 g/mol. The van der Waals surface area contributed by atoms with Crippen molar-refractivity contribution in [3.63, 3.8) is 0 Å². The number of hydrogen-bond donors (Lipinski definition) is 0. The summed E-state index contributed by atoms with van der Waals surface area (Å²) in [5.74, 6) is 0.677. The lowest BCUT2D eigenvalue weighted by Gasteiger charge is -2.31. The minimum absolute atomic E-state index is 0.0320. The van der Waals surface area contributed by atoms with Crippen LogP contribution >= 0.6 is 0 Å². The van der Waals surface area contributed by atoms with Gasteiger partial charge >= 0.3 is 5.69 Å². The van der Waals surface area contributed by atoms with Gasteiger partial charge in [-0.3, -0.25) is 18.7 Å². The highest BCUT2D eigenvalue weighted by molar-refractivity contribution is 6.10. The predicted molar refractivity (Wildman–Crippen MR) is 115 cm³/mol. The van der Waals surface area contributed by atoms with Crippen LogP contribution in [0.1, 0.15) is 43.2 Å². The topological polar surface area (TPSA) is 83.2 Å². The van der Waals surface area contributed by atoms with Gasteiger partial charge in [-0.05, 0) is 36.5 Å². The maximum absolute atomic E-state index is 13.2. The van der Waals surface area contributed by atoms with Gasteiger partial charge in [0.25, 0.3) is 5.56 Å². The van der Waals surface area contributed by atoms with Crippen LogP contribution in [-0.4, -0.2) is 26.5 Å². The number of benzene rings is 1. The Balaban J connectivity index is 2.16. The van der Waals surface area contributed by atoms with Crippen molar-refractivity contribution in [2.24, 2.45) is 19.5 Å². The van der Waals surface area contributed by atoms with Gasteiger partial charge in [0.2, 0.25) is 0 Å². The lowest BCUT2D eigenvalue weighted by atomic mass is 9.73. The highest BCUT2D eigenvalue weighted by Gasteiger charge is 2.36. The highest BCUT2D eigenvalue weighted by Crippen LogP contribution is 2.40. The first-order chi connectivity index (χ1) is 14.1. The van der Waals surface area contributed by atoms with Gasteiger partial charge in [0, 0.05) is 31.6 Å². The summed E-state index contributed by atoms with van der Waals surface area (Å²) in [4.78, 5) is 43.6. The molecule has 0 radical (unpaired) electrons. The normalized spacial score (nSPS) is 15.3. The van der Waals surface area contributed by atoms with Crippen LogP contribution in [0.3, 0.4) is 0 Å². The van der Waals surface area contributed by atoms with Crippen molar-refractivity contribution in [2.45, 2.75) is 33.6 Å². The summed E-state index contributed by atoms with van der Waals surface area (Å²) in [6, 6.07) is 7.33. The third-order valence-electron chi connectivity index (χ3n) is 5.68. The molecule has 0 amide bonds. The SMILES string of the molecule is CCOc1ccc(-c2c3c(nc4c2c(=O)n(C)c(=O)n4C)CC(C)(C)CC3=O)cc1. The summed E-state index contributed by atoms with van der Waals surface area (Å²) < 4.78 is 7.97. The Kier molecular flexibility index (Phi) is 4.64. The first-order valence-electron chi connectivity index (χ1n) is 10.0. The molecule has 0 atom stereocenters. The number of fused-ring (bicyclic) bond motifs is 2. The number of hydrogen-bond acceptors (Lipinski definition) is 5. The Hall–Kier alpha value is -3.22. The van der Waals surface area contributed by atoms with Crippen LogP contribution in [0.15, 0.2) is 33.9 Å². The molecule has 1 aromatic carbocycles. The standard InChI is InChI=1S/C23H25N3O4/c1-6-30-14-9-7-13(8-10-14)17-18-15(11-23(2,3)12-16(18)27)24-20-19(17)21(28)26(5)22(29)25(20)4/h7-10H,6,11-12H2,1-5H3. The molecule has 156 valence electrons. The van der Waals surface area contributed by atoms with Crippen LogP contribution in [0.5, 0.6) is 5.75 Å². The van der Waals surface area contributed by atoms with Crippen molar-refractivity contribution >= 4 is 16.8 Å². The van der Waals surface area contributed by atoms with Gasteiger partial charge in [0.15, 0.2) is 5.78 Å². The van der Waals surface area contributed by atoms with Gasteiger partial charge in [-0.2, -0.15) is 0 Å². The molecule has 0 saturated heterocycles. The Morgan fingerprint density at radius 3 is 2.30 bits per heavy atom. The molecule has 0 bridgehead atoms. The van der Waals surface area contributed by atoms with Crippen molar-refractivity contribution < 1.29 is 9.53 Å². The maximum Gasteiger partial charge on any atom is 0.332 e. The second-order valence-electron chi connectivity index (χ2n) is 8.61. The summed E-state index contributed by atoms with van der Waals surface area (Å²) in [6.07, 6.45) is 0.973. The van der Waals surface area contributed by atoms with Gasteiger partial charge in [-0.15, -0.1) is 0 Å². The molecular weight excluding hydrogens is 382 g/mol. The number of carbonyl (C=O) groups is 1. The number of pyridine rings is 1. The molecule has 2 heterocycles. The van der Waals surface area contributed by atoms with Crippen molar-refractivity contribution in [3.8, 4) is 16.9 Å². The third kappa shape index (κ3) is 3.05. The molecule has 0 aliphatic heterocycles. The number of aromatic nitrogens is 3. The van der Waals surface area contributed by atoms with E-state index in [0.29, 0.717) is 47.7 Å². The van der Waals surface area contributed by atoms with E-state index in [0.717, 1.165) is 10.1 Å². The number of rotatable bonds is 3. The van der Waals surface area contributed by atoms with Crippen LogP contribution in [0.4, 0.5) is 0 Å². The summed E-state index contributed by atoms with van der Waals surface area (Å²) in [5, 5.41) is 0.288. The fourth-order valence-electron chi connectivity index (χ4n) is 4.28. The second-order valence-corrected chi connectivity index (χ2v) is 8.61. The molecule has 0 spiro atoms. The second kappa shape index (κ2) is 6.93. The van der Waals surface area contributed by atoms with E-state index >= 15 is 0 Å². The van der Waals surface area contributed by atoms with E-state index in [-0.39, 0.29) is 16.6 Å². The summed E-state index contributed by atoms with van der Waals surface area (Å²) >= 11 is 0. The van der Waals surface area contributed by atoms with E-state index in [2.05, 4.69) is 4.98 Å². The number of ether oxygens (including phenoxy) is 1. The van der Waals surface area contributed by atoms with Crippen molar-refractivity contribution in [1.29, 1.82) is 0 Å². The van der Waals surface area contributed by atoms with E-state index in [4.69, 9.17) is 4.74 Å². The van der Waals surface area contributed by atoms with Crippen LogP contribution in [-0.2, 0) is 20.5 Å². The zero-order valence-electron chi connectivity index (χ0n) is 17.9. The van der Waals surface area contributed by atoms with Gasteiger partial charge in [0.1, 0.15) is 11.4 Å². The molecule has 3 aromatic rings. The Bertz CT molecular complexity index is 1300. The number of aryl methyl sites for hydroxylation is 1. The maximum atomic E-state index is 13.2. The number of ketones is 1. The average Bonchev–Trinajstić information content (AvgIpc) is 2.69. The summed E-state index contributed by atoms with van der Waals surface area (Å²) in [6.45, 7) is 6.51.